The number of thioether (sulfide) groups is 1. The predicted molar refractivity (Wildman–Crippen MR) is 121 cm³/mol. The molecule has 0 fully saturated rings. The third-order valence-corrected chi connectivity index (χ3v) is 6.70. The van der Waals surface area contributed by atoms with Crippen LogP contribution in [0.25, 0.3) is 0 Å². The second-order valence-electron chi connectivity index (χ2n) is 7.48. The van der Waals surface area contributed by atoms with E-state index in [1.807, 2.05) is 24.5 Å². The summed E-state index contributed by atoms with van der Waals surface area (Å²) in [6.45, 7) is 6.19. The molecule has 30 heavy (non-hydrogen) atoms. The summed E-state index contributed by atoms with van der Waals surface area (Å²) >= 11 is 7.69. The van der Waals surface area contributed by atoms with Gasteiger partial charge < -0.3 is 4.74 Å². The molecule has 2 aromatic carbocycles. The summed E-state index contributed by atoms with van der Waals surface area (Å²) in [6, 6.07) is 14.1. The zero-order valence-corrected chi connectivity index (χ0v) is 19.4. The van der Waals surface area contributed by atoms with Crippen molar-refractivity contribution < 1.29 is 13.2 Å². The molecule has 0 atom stereocenters. The van der Waals surface area contributed by atoms with Crippen LogP contribution in [0.15, 0.2) is 64.6 Å². The number of anilines is 1. The first-order chi connectivity index (χ1) is 14.1. The highest BCUT2D eigenvalue weighted by molar-refractivity contribution is 7.98. The van der Waals surface area contributed by atoms with Crippen LogP contribution >= 0.6 is 23.4 Å². The lowest BCUT2D eigenvalue weighted by atomic mass is 9.87. The molecule has 1 heterocycles. The van der Waals surface area contributed by atoms with Gasteiger partial charge in [-0.25, -0.2) is 18.4 Å². The number of hydrogen-bond acceptors (Lipinski definition) is 6. The van der Waals surface area contributed by atoms with Gasteiger partial charge in [-0.05, 0) is 41.5 Å². The minimum Gasteiger partial charge on any atom is -0.449 e. The molecule has 0 aliphatic rings. The normalized spacial score (nSPS) is 11.9. The fourth-order valence-corrected chi connectivity index (χ4v) is 4.36. The maximum atomic E-state index is 12.9. The Morgan fingerprint density at radius 3 is 2.33 bits per heavy atom. The van der Waals surface area contributed by atoms with Crippen molar-refractivity contribution in [2.45, 2.75) is 36.0 Å². The van der Waals surface area contributed by atoms with E-state index in [2.05, 4.69) is 35.5 Å². The van der Waals surface area contributed by atoms with Crippen molar-refractivity contribution in [2.24, 2.45) is 0 Å². The highest BCUT2D eigenvalue weighted by Crippen LogP contribution is 2.38. The molecule has 3 aromatic rings. The number of nitrogens with zero attached hydrogens (tertiary/aromatic N) is 2. The van der Waals surface area contributed by atoms with Crippen molar-refractivity contribution in [2.75, 3.05) is 11.0 Å². The summed E-state index contributed by atoms with van der Waals surface area (Å²) in [5, 5.41) is 0.00156. The number of sulfonamides is 1. The van der Waals surface area contributed by atoms with Gasteiger partial charge in [0.2, 0.25) is 5.75 Å². The number of nitrogens with one attached hydrogen (secondary N) is 1. The fourth-order valence-electron chi connectivity index (χ4n) is 2.65. The largest absolute Gasteiger partial charge is 0.449 e. The first-order valence-electron chi connectivity index (χ1n) is 9.06. The van der Waals surface area contributed by atoms with E-state index in [4.69, 9.17) is 16.3 Å². The Balaban J connectivity index is 1.94. The highest BCUT2D eigenvalue weighted by atomic mass is 35.5. The zero-order valence-electron chi connectivity index (χ0n) is 17.0. The lowest BCUT2D eigenvalue weighted by Gasteiger charge is -2.19. The smallest absolute Gasteiger partial charge is 0.263 e. The van der Waals surface area contributed by atoms with Gasteiger partial charge in [0.15, 0.2) is 11.0 Å². The quantitative estimate of drug-likeness (QED) is 0.370. The molecule has 0 unspecified atom stereocenters. The summed E-state index contributed by atoms with van der Waals surface area (Å²) in [6.07, 6.45) is 3.09. The lowest BCUT2D eigenvalue weighted by Crippen LogP contribution is -2.16. The lowest BCUT2D eigenvalue weighted by molar-refractivity contribution is 0.469. The zero-order chi connectivity index (χ0) is 21.9. The molecule has 0 amide bonds. The van der Waals surface area contributed by atoms with Crippen molar-refractivity contribution in [3.63, 3.8) is 0 Å². The minimum atomic E-state index is -3.91. The maximum Gasteiger partial charge on any atom is 0.263 e. The molecular formula is C21H22ClN3O3S2. The van der Waals surface area contributed by atoms with E-state index >= 15 is 0 Å². The molecule has 3 rings (SSSR count). The third kappa shape index (κ3) is 5.06. The SMILES string of the molecule is CSc1ccccc1Oc1c(Cl)ncnc1NS(=O)(=O)c1ccc(C(C)(C)C)cc1. The third-order valence-electron chi connectivity index (χ3n) is 4.30. The van der Waals surface area contributed by atoms with Crippen LogP contribution in [0.3, 0.4) is 0 Å². The summed E-state index contributed by atoms with van der Waals surface area (Å²) in [5.74, 6) is 0.526. The monoisotopic (exact) mass is 463 g/mol. The van der Waals surface area contributed by atoms with Gasteiger partial charge in [0.25, 0.3) is 10.0 Å². The number of aromatic nitrogens is 2. The number of para-hydroxylation sites is 1. The Morgan fingerprint density at radius 1 is 1.03 bits per heavy atom. The number of halogens is 1. The summed E-state index contributed by atoms with van der Waals surface area (Å²) in [5.41, 5.74) is 0.950. The molecule has 0 spiro atoms. The van der Waals surface area contributed by atoms with Gasteiger partial charge in [-0.2, -0.15) is 0 Å². The van der Waals surface area contributed by atoms with Gasteiger partial charge in [0, 0.05) is 4.90 Å². The molecule has 6 nitrogen and oxygen atoms in total. The van der Waals surface area contributed by atoms with E-state index in [0.717, 1.165) is 10.5 Å². The first-order valence-corrected chi connectivity index (χ1v) is 12.1. The van der Waals surface area contributed by atoms with Crippen molar-refractivity contribution in [3.05, 3.63) is 65.6 Å². The predicted octanol–water partition coefficient (Wildman–Crippen LogP) is 5.74. The van der Waals surface area contributed by atoms with Gasteiger partial charge in [-0.15, -0.1) is 11.8 Å². The van der Waals surface area contributed by atoms with Crippen molar-refractivity contribution in [3.8, 4) is 11.5 Å². The number of ether oxygens (including phenoxy) is 1. The van der Waals surface area contributed by atoms with Crippen LogP contribution in [-0.2, 0) is 15.4 Å². The van der Waals surface area contributed by atoms with Gasteiger partial charge >= 0.3 is 0 Å². The highest BCUT2D eigenvalue weighted by Gasteiger charge is 2.22. The van der Waals surface area contributed by atoms with Crippen LogP contribution in [0.2, 0.25) is 5.15 Å². The second kappa shape index (κ2) is 8.83. The van der Waals surface area contributed by atoms with Crippen molar-refractivity contribution in [1.82, 2.24) is 9.97 Å². The van der Waals surface area contributed by atoms with E-state index in [-0.39, 0.29) is 27.0 Å². The Labute approximate surface area is 186 Å². The van der Waals surface area contributed by atoms with Gasteiger partial charge in [0.1, 0.15) is 12.1 Å². The summed E-state index contributed by atoms with van der Waals surface area (Å²) in [4.78, 5) is 8.94. The van der Waals surface area contributed by atoms with Crippen molar-refractivity contribution in [1.29, 1.82) is 0 Å². The van der Waals surface area contributed by atoms with Gasteiger partial charge in [0.05, 0.1) is 4.90 Å². The molecule has 158 valence electrons. The van der Waals surface area contributed by atoms with Crippen LogP contribution in [0, 0.1) is 0 Å². The molecule has 0 bridgehead atoms. The summed E-state index contributed by atoms with van der Waals surface area (Å²) in [7, 11) is -3.91. The molecule has 9 heteroatoms. The molecule has 0 saturated carbocycles. The average molecular weight is 464 g/mol. The van der Waals surface area contributed by atoms with E-state index in [1.54, 1.807) is 30.3 Å². The minimum absolute atomic E-state index is 0.00156. The Morgan fingerprint density at radius 2 is 1.70 bits per heavy atom. The fraction of sp³-hybridized carbons (Fsp3) is 0.238. The number of benzene rings is 2. The number of hydrogen-bond donors (Lipinski definition) is 1. The molecule has 1 aromatic heterocycles. The Bertz CT molecular complexity index is 1140. The van der Waals surface area contributed by atoms with Crippen molar-refractivity contribution >= 4 is 39.2 Å². The Hall–Kier alpha value is -2.29. The van der Waals surface area contributed by atoms with Crippen LogP contribution in [0.4, 0.5) is 5.82 Å². The van der Waals surface area contributed by atoms with Crippen LogP contribution in [0.1, 0.15) is 26.3 Å². The molecule has 0 aliphatic carbocycles. The summed E-state index contributed by atoms with van der Waals surface area (Å²) < 4.78 is 34.2. The van der Waals surface area contributed by atoms with Crippen LogP contribution < -0.4 is 9.46 Å². The van der Waals surface area contributed by atoms with E-state index in [9.17, 15) is 8.42 Å². The topological polar surface area (TPSA) is 81.2 Å². The van der Waals surface area contributed by atoms with E-state index in [0.29, 0.717) is 5.75 Å². The Kier molecular flexibility index (Phi) is 6.59. The van der Waals surface area contributed by atoms with Gasteiger partial charge in [-0.3, -0.25) is 4.72 Å². The standard InChI is InChI=1S/C21H22ClN3O3S2/c1-21(2,3)14-9-11-15(12-10-14)30(26,27)25-20-18(19(22)23-13-24-20)28-16-7-5-6-8-17(16)29-4/h5-13H,1-4H3,(H,23,24,25). The average Bonchev–Trinajstić information content (AvgIpc) is 2.70. The maximum absolute atomic E-state index is 12.9. The van der Waals surface area contributed by atoms with E-state index < -0.39 is 10.0 Å². The molecular weight excluding hydrogens is 442 g/mol. The van der Waals surface area contributed by atoms with Gasteiger partial charge in [-0.1, -0.05) is 56.6 Å². The molecule has 1 N–H and O–H groups in total. The van der Waals surface area contributed by atoms with Crippen LogP contribution in [0.5, 0.6) is 11.5 Å². The van der Waals surface area contributed by atoms with Crippen LogP contribution in [-0.4, -0.2) is 24.6 Å². The second-order valence-corrected chi connectivity index (χ2v) is 10.4. The molecule has 0 radical (unpaired) electrons. The molecule has 0 saturated heterocycles. The molecule has 0 aliphatic heterocycles. The van der Waals surface area contributed by atoms with E-state index in [1.165, 1.54) is 18.1 Å². The first kappa shape index (κ1) is 22.4. The number of rotatable bonds is 6.